The van der Waals surface area contributed by atoms with Crippen molar-refractivity contribution in [3.63, 3.8) is 0 Å². The molecule has 3 aliphatic heterocycles. The van der Waals surface area contributed by atoms with Crippen molar-refractivity contribution in [3.05, 3.63) is 45.9 Å². The van der Waals surface area contributed by atoms with E-state index in [-0.39, 0.29) is 47.6 Å². The van der Waals surface area contributed by atoms with Gasteiger partial charge in [-0.05, 0) is 37.3 Å². The monoisotopic (exact) mass is 593 g/mol. The van der Waals surface area contributed by atoms with Crippen molar-refractivity contribution in [3.8, 4) is 5.75 Å². The second-order valence-electron chi connectivity index (χ2n) is 11.8. The zero-order chi connectivity index (χ0) is 29.2. The molecule has 0 bridgehead atoms. The minimum absolute atomic E-state index is 0.00240. The fraction of sp³-hybridized carbons (Fsp3) is 0.581. The summed E-state index contributed by atoms with van der Waals surface area (Å²) in [6.07, 6.45) is 7.44. The normalized spacial score (nSPS) is 25.8. The van der Waals surface area contributed by atoms with E-state index in [1.54, 1.807) is 18.8 Å². The fourth-order valence-electron chi connectivity index (χ4n) is 7.20. The van der Waals surface area contributed by atoms with Crippen molar-refractivity contribution in [2.45, 2.75) is 63.5 Å². The molecule has 0 spiro atoms. The maximum Gasteiger partial charge on any atom is 0.265 e. The lowest BCUT2D eigenvalue weighted by Gasteiger charge is -2.43. The van der Waals surface area contributed by atoms with Crippen molar-refractivity contribution in [1.29, 1.82) is 0 Å². The Labute approximate surface area is 250 Å². The van der Waals surface area contributed by atoms with Gasteiger partial charge < -0.3 is 24.8 Å². The van der Waals surface area contributed by atoms with E-state index in [2.05, 4.69) is 16.4 Å². The Morgan fingerprint density at radius 3 is 2.62 bits per heavy atom. The van der Waals surface area contributed by atoms with Gasteiger partial charge in [-0.15, -0.1) is 11.3 Å². The van der Waals surface area contributed by atoms with Gasteiger partial charge in [-0.3, -0.25) is 24.2 Å². The van der Waals surface area contributed by atoms with Gasteiger partial charge in [-0.1, -0.05) is 25.0 Å². The highest BCUT2D eigenvalue weighted by molar-refractivity contribution is 7.11. The third-order valence-corrected chi connectivity index (χ3v) is 10.1. The summed E-state index contributed by atoms with van der Waals surface area (Å²) in [5.41, 5.74) is 3.74. The molecule has 4 amide bonds. The molecule has 42 heavy (non-hydrogen) atoms. The van der Waals surface area contributed by atoms with Crippen LogP contribution in [0.15, 0.2) is 29.9 Å². The molecule has 1 saturated carbocycles. The summed E-state index contributed by atoms with van der Waals surface area (Å²) in [4.78, 5) is 63.0. The molecule has 1 aromatic heterocycles. The third kappa shape index (κ3) is 5.63. The Hall–Kier alpha value is -3.47. The van der Waals surface area contributed by atoms with E-state index in [0.29, 0.717) is 75.5 Å². The lowest BCUT2D eigenvalue weighted by atomic mass is 9.77. The molecule has 6 rings (SSSR count). The summed E-state index contributed by atoms with van der Waals surface area (Å²) in [5, 5.41) is 2.77. The number of nitrogens with zero attached hydrogens (tertiary/aromatic N) is 4. The molecule has 3 fully saturated rings. The summed E-state index contributed by atoms with van der Waals surface area (Å²) < 4.78 is 6.63. The highest BCUT2D eigenvalue weighted by Gasteiger charge is 2.43. The molecule has 2 unspecified atom stereocenters. The first-order chi connectivity index (χ1) is 20.4. The lowest BCUT2D eigenvalue weighted by Crippen LogP contribution is -2.50. The number of fused-ring (bicyclic) bond motifs is 1. The van der Waals surface area contributed by atoms with E-state index < -0.39 is 0 Å². The zero-order valence-electron chi connectivity index (χ0n) is 24.1. The predicted molar refractivity (Wildman–Crippen MR) is 157 cm³/mol. The minimum atomic E-state index is -0.369. The van der Waals surface area contributed by atoms with E-state index in [4.69, 9.17) is 4.74 Å². The van der Waals surface area contributed by atoms with Crippen LogP contribution in [0.5, 0.6) is 5.75 Å². The van der Waals surface area contributed by atoms with Crippen LogP contribution in [0.2, 0.25) is 0 Å². The zero-order valence-corrected chi connectivity index (χ0v) is 24.9. The number of benzene rings is 1. The summed E-state index contributed by atoms with van der Waals surface area (Å²) in [5.74, 6) is 0.0261. The number of carbonyl (C=O) groups is 4. The van der Waals surface area contributed by atoms with E-state index in [1.165, 1.54) is 11.3 Å². The Morgan fingerprint density at radius 2 is 1.88 bits per heavy atom. The molecule has 1 N–H and O–H groups in total. The number of thiazole rings is 1. The Balaban J connectivity index is 1.28. The van der Waals surface area contributed by atoms with Crippen molar-refractivity contribution in [2.75, 3.05) is 39.8 Å². The second kappa shape index (κ2) is 12.4. The molecule has 4 heterocycles. The van der Waals surface area contributed by atoms with Crippen LogP contribution in [0, 0.1) is 11.8 Å². The maximum atomic E-state index is 14.3. The lowest BCUT2D eigenvalue weighted by molar-refractivity contribution is -0.147. The Kier molecular flexibility index (Phi) is 8.46. The van der Waals surface area contributed by atoms with Gasteiger partial charge in [-0.2, -0.15) is 0 Å². The van der Waals surface area contributed by atoms with Crippen LogP contribution < -0.4 is 10.1 Å². The molecule has 2 aromatic rings. The van der Waals surface area contributed by atoms with Crippen LogP contribution in [-0.2, 0) is 20.8 Å². The number of hydrogen-bond acceptors (Lipinski definition) is 7. The summed E-state index contributed by atoms with van der Waals surface area (Å²) >= 11 is 1.34. The molecule has 10 nitrogen and oxygen atoms in total. The molecule has 4 atom stereocenters. The van der Waals surface area contributed by atoms with Gasteiger partial charge >= 0.3 is 0 Å². The largest absolute Gasteiger partial charge is 0.488 e. The first-order valence-electron chi connectivity index (χ1n) is 15.2. The first kappa shape index (κ1) is 28.6. The molecule has 1 aromatic carbocycles. The van der Waals surface area contributed by atoms with E-state index in [0.717, 1.165) is 30.4 Å². The molecule has 0 radical (unpaired) electrons. The number of rotatable bonds is 7. The van der Waals surface area contributed by atoms with Gasteiger partial charge in [0.05, 0.1) is 24.3 Å². The van der Waals surface area contributed by atoms with Crippen LogP contribution in [0.1, 0.15) is 71.8 Å². The van der Waals surface area contributed by atoms with E-state index in [1.807, 2.05) is 26.8 Å². The summed E-state index contributed by atoms with van der Waals surface area (Å²) in [6, 6.07) is 5.67. The molecule has 2 saturated heterocycles. The predicted octanol–water partition coefficient (Wildman–Crippen LogP) is 3.04. The number of aromatic nitrogens is 1. The summed E-state index contributed by atoms with van der Waals surface area (Å²) in [7, 11) is 1.63. The molecule has 4 aliphatic rings. The highest BCUT2D eigenvalue weighted by Crippen LogP contribution is 2.41. The Morgan fingerprint density at radius 1 is 1.05 bits per heavy atom. The first-order valence-corrected chi connectivity index (χ1v) is 16.1. The van der Waals surface area contributed by atoms with Crippen LogP contribution in [0.4, 0.5) is 0 Å². The number of likely N-dealkylation sites (tertiary alicyclic amines) is 2. The SMILES string of the molecule is CNC(=O)[C@@H]1CCCCC1C(=O)N1CCc2cccc(OC3CCN(C(=O)c4cncs4)C3)c2[C@H]1CN1CCCC1=O. The van der Waals surface area contributed by atoms with Crippen LogP contribution in [-0.4, -0.2) is 89.2 Å². The number of nitrogens with one attached hydrogen (secondary N) is 1. The van der Waals surface area contributed by atoms with Gasteiger partial charge in [0.1, 0.15) is 16.7 Å². The number of amides is 4. The Bertz CT molecular complexity index is 1330. The van der Waals surface area contributed by atoms with Crippen molar-refractivity contribution >= 4 is 35.0 Å². The fourth-order valence-corrected chi connectivity index (χ4v) is 7.79. The van der Waals surface area contributed by atoms with Gasteiger partial charge in [0.15, 0.2) is 0 Å². The van der Waals surface area contributed by atoms with Crippen molar-refractivity contribution < 1.29 is 23.9 Å². The highest BCUT2D eigenvalue weighted by atomic mass is 32.1. The van der Waals surface area contributed by atoms with Gasteiger partial charge in [0.2, 0.25) is 17.7 Å². The molecular weight excluding hydrogens is 554 g/mol. The molecular formula is C31H39N5O5S. The van der Waals surface area contributed by atoms with Crippen LogP contribution >= 0.6 is 11.3 Å². The molecule has 11 heteroatoms. The average molecular weight is 594 g/mol. The maximum absolute atomic E-state index is 14.3. The quantitative estimate of drug-likeness (QED) is 0.528. The van der Waals surface area contributed by atoms with Crippen molar-refractivity contribution in [1.82, 2.24) is 25.0 Å². The van der Waals surface area contributed by atoms with Gasteiger partial charge in [0.25, 0.3) is 5.91 Å². The number of ether oxygens (including phenoxy) is 1. The van der Waals surface area contributed by atoms with Crippen LogP contribution in [0.3, 0.4) is 0 Å². The number of hydrogen-bond donors (Lipinski definition) is 1. The van der Waals surface area contributed by atoms with Gasteiger partial charge in [0, 0.05) is 63.5 Å². The van der Waals surface area contributed by atoms with Crippen molar-refractivity contribution in [2.24, 2.45) is 11.8 Å². The smallest absolute Gasteiger partial charge is 0.265 e. The third-order valence-electron chi connectivity index (χ3n) is 9.37. The average Bonchev–Trinajstić information content (AvgIpc) is 3.80. The molecule has 224 valence electrons. The topological polar surface area (TPSA) is 112 Å². The minimum Gasteiger partial charge on any atom is -0.488 e. The second-order valence-corrected chi connectivity index (χ2v) is 12.7. The van der Waals surface area contributed by atoms with E-state index in [9.17, 15) is 19.2 Å². The van der Waals surface area contributed by atoms with Crippen LogP contribution in [0.25, 0.3) is 0 Å². The van der Waals surface area contributed by atoms with Gasteiger partial charge in [-0.25, -0.2) is 0 Å². The summed E-state index contributed by atoms with van der Waals surface area (Å²) in [6.45, 7) is 2.72. The standard InChI is InChI=1S/C31H39N5O5S/c1-32-29(38)22-7-2-3-8-23(22)30(39)36-15-11-20-6-4-9-25(28(20)24(36)18-34-13-5-10-27(34)37)41-21-12-14-35(17-21)31(40)26-16-33-19-42-26/h4,6,9,16,19,21-24H,2-3,5,7-8,10-15,17-18H2,1H3,(H,32,38)/t21?,22-,23?,24-/m1/s1. The van der Waals surface area contributed by atoms with E-state index >= 15 is 0 Å². The number of carbonyl (C=O) groups excluding carboxylic acids is 4. The molecule has 1 aliphatic carbocycles.